The Kier molecular flexibility index (Phi) is 4.59. The molecule has 2 N–H and O–H groups in total. The van der Waals surface area contributed by atoms with Crippen molar-refractivity contribution >= 4 is 10.0 Å². The summed E-state index contributed by atoms with van der Waals surface area (Å²) in [5.41, 5.74) is 2.61. The number of aryl methyl sites for hydroxylation is 1. The molecule has 0 radical (unpaired) electrons. The molecule has 1 aromatic rings. The fourth-order valence-electron chi connectivity index (χ4n) is 2.54. The number of rotatable bonds is 6. The number of hydrogen-bond donors (Lipinski definition) is 2. The number of aromatic nitrogens is 2. The van der Waals surface area contributed by atoms with Crippen LogP contribution in [0.15, 0.2) is 6.20 Å². The van der Waals surface area contributed by atoms with E-state index in [1.807, 2.05) is 17.9 Å². The predicted octanol–water partition coefficient (Wildman–Crippen LogP) is 0.326. The van der Waals surface area contributed by atoms with Gasteiger partial charge < -0.3 is 5.32 Å². The van der Waals surface area contributed by atoms with Crippen LogP contribution in [0.3, 0.4) is 0 Å². The third-order valence-electron chi connectivity index (χ3n) is 3.48. The predicted molar refractivity (Wildman–Crippen MR) is 74.4 cm³/mol. The highest BCUT2D eigenvalue weighted by Crippen LogP contribution is 2.28. The van der Waals surface area contributed by atoms with Crippen LogP contribution in [0.5, 0.6) is 0 Å². The summed E-state index contributed by atoms with van der Waals surface area (Å²) in [5.74, 6) is 0. The molecule has 6 nitrogen and oxygen atoms in total. The molecular formula is C12H22N4O2S. The van der Waals surface area contributed by atoms with Gasteiger partial charge in [-0.1, -0.05) is 0 Å². The highest BCUT2D eigenvalue weighted by Gasteiger charge is 2.22. The Labute approximate surface area is 114 Å². The lowest BCUT2D eigenvalue weighted by Gasteiger charge is -2.23. The van der Waals surface area contributed by atoms with E-state index in [1.54, 1.807) is 0 Å². The summed E-state index contributed by atoms with van der Waals surface area (Å²) in [7, 11) is -1.08. The van der Waals surface area contributed by atoms with E-state index in [1.165, 1.54) is 23.9 Å². The third-order valence-corrected chi connectivity index (χ3v) is 4.21. The number of nitrogens with zero attached hydrogens (tertiary/aromatic N) is 2. The molecule has 0 bridgehead atoms. The van der Waals surface area contributed by atoms with Crippen LogP contribution in [0.4, 0.5) is 0 Å². The molecule has 1 atom stereocenters. The molecule has 2 rings (SSSR count). The summed E-state index contributed by atoms with van der Waals surface area (Å²) in [6, 6.07) is 0.357. The number of sulfonamides is 1. The molecular weight excluding hydrogens is 264 g/mol. The Hall–Kier alpha value is -0.920. The van der Waals surface area contributed by atoms with Gasteiger partial charge in [0.25, 0.3) is 0 Å². The highest BCUT2D eigenvalue weighted by molar-refractivity contribution is 7.88. The number of fused-ring (bicyclic) bond motifs is 1. The smallest absolute Gasteiger partial charge is 0.208 e. The Morgan fingerprint density at radius 3 is 3.00 bits per heavy atom. The minimum Gasteiger partial charge on any atom is -0.310 e. The van der Waals surface area contributed by atoms with E-state index in [0.717, 1.165) is 25.8 Å². The maximum atomic E-state index is 10.9. The van der Waals surface area contributed by atoms with Gasteiger partial charge in [-0.3, -0.25) is 4.68 Å². The van der Waals surface area contributed by atoms with Crippen molar-refractivity contribution < 1.29 is 8.42 Å². The van der Waals surface area contributed by atoms with Crippen molar-refractivity contribution in [3.8, 4) is 0 Å². The van der Waals surface area contributed by atoms with Crippen molar-refractivity contribution in [2.75, 3.05) is 19.3 Å². The molecule has 0 aromatic carbocycles. The van der Waals surface area contributed by atoms with E-state index in [0.29, 0.717) is 12.6 Å². The molecule has 0 saturated heterocycles. The summed E-state index contributed by atoms with van der Waals surface area (Å²) in [4.78, 5) is 0. The van der Waals surface area contributed by atoms with Crippen molar-refractivity contribution in [1.82, 2.24) is 19.8 Å². The number of hydrogen-bond acceptors (Lipinski definition) is 4. The van der Waals surface area contributed by atoms with Crippen LogP contribution in [-0.4, -0.2) is 37.5 Å². The summed E-state index contributed by atoms with van der Waals surface area (Å²) in [6.07, 6.45) is 7.31. The largest absolute Gasteiger partial charge is 0.310 e. The van der Waals surface area contributed by atoms with Crippen molar-refractivity contribution in [3.05, 3.63) is 17.5 Å². The van der Waals surface area contributed by atoms with Crippen molar-refractivity contribution in [1.29, 1.82) is 0 Å². The van der Waals surface area contributed by atoms with Gasteiger partial charge in [0.05, 0.1) is 12.5 Å². The Morgan fingerprint density at radius 1 is 1.47 bits per heavy atom. The first-order valence-electron chi connectivity index (χ1n) is 6.66. The summed E-state index contributed by atoms with van der Waals surface area (Å²) >= 11 is 0. The molecule has 1 aliphatic rings. The summed E-state index contributed by atoms with van der Waals surface area (Å²) in [5, 5.41) is 7.80. The van der Waals surface area contributed by atoms with Gasteiger partial charge in [-0.15, -0.1) is 0 Å². The molecule has 0 spiro atoms. The van der Waals surface area contributed by atoms with E-state index in [4.69, 9.17) is 0 Å². The maximum absolute atomic E-state index is 10.9. The molecule has 1 heterocycles. The first kappa shape index (κ1) is 14.5. The van der Waals surface area contributed by atoms with Crippen molar-refractivity contribution in [3.63, 3.8) is 0 Å². The minimum atomic E-state index is -3.07. The van der Waals surface area contributed by atoms with E-state index in [9.17, 15) is 8.42 Å². The van der Waals surface area contributed by atoms with Gasteiger partial charge in [0.2, 0.25) is 10.0 Å². The molecule has 108 valence electrons. The summed E-state index contributed by atoms with van der Waals surface area (Å²) < 4.78 is 26.3. The number of nitrogens with one attached hydrogen (secondary N) is 2. The van der Waals surface area contributed by atoms with Crippen LogP contribution < -0.4 is 10.0 Å². The van der Waals surface area contributed by atoms with Crippen LogP contribution in [0.25, 0.3) is 0 Å². The van der Waals surface area contributed by atoms with Crippen LogP contribution in [-0.2, 0) is 23.5 Å². The van der Waals surface area contributed by atoms with E-state index < -0.39 is 10.0 Å². The molecule has 0 saturated carbocycles. The van der Waals surface area contributed by atoms with E-state index >= 15 is 0 Å². The average molecular weight is 286 g/mol. The van der Waals surface area contributed by atoms with Crippen LogP contribution in [0.1, 0.15) is 36.6 Å². The maximum Gasteiger partial charge on any atom is 0.208 e. The zero-order valence-electron chi connectivity index (χ0n) is 11.5. The van der Waals surface area contributed by atoms with Gasteiger partial charge in [0.15, 0.2) is 0 Å². The molecule has 0 fully saturated rings. The second kappa shape index (κ2) is 6.02. The van der Waals surface area contributed by atoms with Gasteiger partial charge in [0, 0.05) is 30.9 Å². The van der Waals surface area contributed by atoms with Crippen LogP contribution in [0.2, 0.25) is 0 Å². The van der Waals surface area contributed by atoms with E-state index in [2.05, 4.69) is 15.1 Å². The monoisotopic (exact) mass is 286 g/mol. The fourth-order valence-corrected chi connectivity index (χ4v) is 3.06. The molecule has 1 unspecified atom stereocenters. The lowest BCUT2D eigenvalue weighted by Crippen LogP contribution is -2.29. The molecule has 7 heteroatoms. The lowest BCUT2D eigenvalue weighted by atomic mass is 9.93. The second-order valence-electron chi connectivity index (χ2n) is 5.09. The molecule has 1 aromatic heterocycles. The lowest BCUT2D eigenvalue weighted by molar-refractivity contribution is 0.448. The van der Waals surface area contributed by atoms with Crippen LogP contribution >= 0.6 is 0 Å². The first-order valence-corrected chi connectivity index (χ1v) is 8.55. The Balaban J connectivity index is 1.78. The highest BCUT2D eigenvalue weighted by atomic mass is 32.2. The molecule has 19 heavy (non-hydrogen) atoms. The minimum absolute atomic E-state index is 0.357. The quantitative estimate of drug-likeness (QED) is 0.739. The zero-order chi connectivity index (χ0) is 13.9. The van der Waals surface area contributed by atoms with Crippen LogP contribution in [0, 0.1) is 0 Å². The Bertz CT molecular complexity index is 524. The Morgan fingerprint density at radius 2 is 2.26 bits per heavy atom. The van der Waals surface area contributed by atoms with Crippen molar-refractivity contribution in [2.24, 2.45) is 7.05 Å². The third kappa shape index (κ3) is 4.02. The van der Waals surface area contributed by atoms with Gasteiger partial charge in [-0.25, -0.2) is 13.1 Å². The summed E-state index contributed by atoms with van der Waals surface area (Å²) in [6.45, 7) is 1.29. The SMILES string of the molecule is Cn1ncc2c1CCCC2NCCCNS(C)(=O)=O. The zero-order valence-corrected chi connectivity index (χ0v) is 12.3. The van der Waals surface area contributed by atoms with Crippen molar-refractivity contribution in [2.45, 2.75) is 31.7 Å². The normalized spacial score (nSPS) is 19.4. The molecule has 1 aliphatic carbocycles. The molecule has 0 aliphatic heterocycles. The standard InChI is InChI=1S/C12H22N4O2S/c1-16-12-6-3-5-11(10(12)9-14-16)13-7-4-8-15-19(2,17)18/h9,11,13,15H,3-8H2,1-2H3. The van der Waals surface area contributed by atoms with Gasteiger partial charge in [-0.2, -0.15) is 5.10 Å². The first-order chi connectivity index (χ1) is 8.97. The van der Waals surface area contributed by atoms with Gasteiger partial charge in [0.1, 0.15) is 0 Å². The van der Waals surface area contributed by atoms with Gasteiger partial charge in [-0.05, 0) is 32.2 Å². The average Bonchev–Trinajstić information content (AvgIpc) is 2.70. The van der Waals surface area contributed by atoms with Gasteiger partial charge >= 0.3 is 0 Å². The molecule has 0 amide bonds. The topological polar surface area (TPSA) is 76.0 Å². The second-order valence-corrected chi connectivity index (χ2v) is 6.92. The fraction of sp³-hybridized carbons (Fsp3) is 0.750. The van der Waals surface area contributed by atoms with E-state index in [-0.39, 0.29) is 0 Å².